The van der Waals surface area contributed by atoms with Crippen LogP contribution in [-0.2, 0) is 6.42 Å². The van der Waals surface area contributed by atoms with E-state index in [1.54, 1.807) is 11.3 Å². The number of nitrogens with zero attached hydrogens (tertiary/aromatic N) is 3. The number of carbonyl (C=O) groups is 1. The van der Waals surface area contributed by atoms with Crippen LogP contribution in [0.3, 0.4) is 0 Å². The summed E-state index contributed by atoms with van der Waals surface area (Å²) in [5, 5.41) is 10.2. The minimum Gasteiger partial charge on any atom is -0.400 e. The second-order valence-electron chi connectivity index (χ2n) is 6.93. The molecule has 0 saturated heterocycles. The van der Waals surface area contributed by atoms with Crippen LogP contribution in [0.2, 0.25) is 0 Å². The van der Waals surface area contributed by atoms with Crippen LogP contribution in [0.1, 0.15) is 52.8 Å². The van der Waals surface area contributed by atoms with E-state index in [0.717, 1.165) is 48.3 Å². The largest absolute Gasteiger partial charge is 0.400 e. The van der Waals surface area contributed by atoms with E-state index in [0.29, 0.717) is 5.56 Å². The Labute approximate surface area is 196 Å². The van der Waals surface area contributed by atoms with E-state index in [1.165, 1.54) is 16.7 Å². The third kappa shape index (κ3) is 7.70. The van der Waals surface area contributed by atoms with Gasteiger partial charge in [-0.15, -0.1) is 11.3 Å². The Morgan fingerprint density at radius 2 is 1.75 bits per heavy atom. The third-order valence-electron chi connectivity index (χ3n) is 4.78. The molecule has 32 heavy (non-hydrogen) atoms. The Balaban J connectivity index is 0.00000121. The number of rotatable bonds is 7. The molecule has 3 aromatic rings. The number of hydrogen-bond acceptors (Lipinski definition) is 5. The molecule has 0 radical (unpaired) electrons. The van der Waals surface area contributed by atoms with Crippen molar-refractivity contribution in [3.05, 3.63) is 69.0 Å². The molecule has 0 saturated carbocycles. The molecule has 0 aliphatic rings. The van der Waals surface area contributed by atoms with Gasteiger partial charge in [-0.25, -0.2) is 9.98 Å². The molecule has 172 valence electrons. The molecule has 2 aromatic carbocycles. The minimum absolute atomic E-state index is 0.679. The van der Waals surface area contributed by atoms with Gasteiger partial charge in [-0.1, -0.05) is 44.2 Å². The lowest BCUT2D eigenvalue weighted by Gasteiger charge is -2.11. The number of carbonyl (C=O) groups excluding carboxylic acids is 1. The maximum atomic E-state index is 10.8. The number of aliphatic hydroxyl groups excluding tert-OH is 1. The Kier molecular flexibility index (Phi) is 12.1. The third-order valence-corrected chi connectivity index (χ3v) is 5.63. The smallest absolute Gasteiger partial charge is 0.150 e. The number of benzene rings is 2. The number of aromatic nitrogens is 1. The van der Waals surface area contributed by atoms with Crippen molar-refractivity contribution >= 4 is 29.6 Å². The van der Waals surface area contributed by atoms with Gasteiger partial charge in [0.2, 0.25) is 0 Å². The lowest BCUT2D eigenvalue weighted by Crippen LogP contribution is -2.14. The molecule has 0 amide bonds. The normalized spacial score (nSPS) is 10.1. The fourth-order valence-corrected chi connectivity index (χ4v) is 3.68. The lowest BCUT2D eigenvalue weighted by molar-refractivity contribution is 0.112. The van der Waals surface area contributed by atoms with Crippen LogP contribution >= 0.6 is 11.3 Å². The second kappa shape index (κ2) is 14.3. The molecule has 1 N–H and O–H groups in total. The summed E-state index contributed by atoms with van der Waals surface area (Å²) in [6.07, 6.45) is 3.54. The lowest BCUT2D eigenvalue weighted by atomic mass is 10.0. The molecule has 1 aromatic heterocycles. The number of hydrogen-bond donors (Lipinski definition) is 1. The molecule has 1 heterocycles. The monoisotopic (exact) mass is 453 g/mol. The average Bonchev–Trinajstić information content (AvgIpc) is 3.31. The molecule has 5 nitrogen and oxygen atoms in total. The van der Waals surface area contributed by atoms with E-state index in [2.05, 4.69) is 48.2 Å². The summed E-state index contributed by atoms with van der Waals surface area (Å²) in [5.74, 6) is 0. The highest BCUT2D eigenvalue weighted by atomic mass is 32.1. The van der Waals surface area contributed by atoms with Crippen molar-refractivity contribution < 1.29 is 9.90 Å². The first-order valence-electron chi connectivity index (χ1n) is 10.8. The minimum atomic E-state index is 0.679. The first-order chi connectivity index (χ1) is 15.5. The molecular weight excluding hydrogens is 418 g/mol. The van der Waals surface area contributed by atoms with E-state index in [1.807, 2.05) is 51.5 Å². The maximum Gasteiger partial charge on any atom is 0.150 e. The van der Waals surface area contributed by atoms with E-state index in [4.69, 9.17) is 10.1 Å². The molecule has 3 rings (SSSR count). The maximum absolute atomic E-state index is 10.8. The average molecular weight is 454 g/mol. The first-order valence-corrected chi connectivity index (χ1v) is 11.7. The summed E-state index contributed by atoms with van der Waals surface area (Å²) in [5.41, 5.74) is 7.35. The van der Waals surface area contributed by atoms with E-state index in [9.17, 15) is 4.79 Å². The van der Waals surface area contributed by atoms with Crippen molar-refractivity contribution in [1.29, 1.82) is 0 Å². The van der Waals surface area contributed by atoms with E-state index in [-0.39, 0.29) is 0 Å². The number of thiazole rings is 1. The molecule has 0 bridgehead atoms. The van der Waals surface area contributed by atoms with Gasteiger partial charge < -0.3 is 10.0 Å². The molecule has 0 spiro atoms. The Morgan fingerprint density at radius 3 is 2.34 bits per heavy atom. The predicted octanol–water partition coefficient (Wildman–Crippen LogP) is 6.08. The van der Waals surface area contributed by atoms with Crippen molar-refractivity contribution in [3.8, 4) is 11.3 Å². The molecule has 0 fully saturated rings. The number of aliphatic hydroxyl groups is 1. The van der Waals surface area contributed by atoms with Gasteiger partial charge in [0.05, 0.1) is 22.7 Å². The standard InChI is InChI=1S/C23H25N3OS.C2H6.CH4O/c1-5-26(4)15-24-21-11-16(2)20(10-17(21)3)12-23-25-22(14-28-23)19-8-6-18(13-27)7-9-19;2*1-2/h6-11,13-15H,5,12H2,1-4H3;1-2H3;2H,1H3. The van der Waals surface area contributed by atoms with Gasteiger partial charge >= 0.3 is 0 Å². The van der Waals surface area contributed by atoms with E-state index >= 15 is 0 Å². The predicted molar refractivity (Wildman–Crippen MR) is 138 cm³/mol. The van der Waals surface area contributed by atoms with Crippen LogP contribution in [0.25, 0.3) is 11.3 Å². The summed E-state index contributed by atoms with van der Waals surface area (Å²) in [6.45, 7) is 11.3. The fraction of sp³-hybridized carbons (Fsp3) is 0.346. The Morgan fingerprint density at radius 1 is 1.09 bits per heavy atom. The zero-order valence-electron chi connectivity index (χ0n) is 20.2. The van der Waals surface area contributed by atoms with Gasteiger partial charge in [0.25, 0.3) is 0 Å². The van der Waals surface area contributed by atoms with Crippen molar-refractivity contribution in [2.75, 3.05) is 20.7 Å². The molecule has 0 aliphatic heterocycles. The van der Waals surface area contributed by atoms with Gasteiger partial charge in [0, 0.05) is 43.6 Å². The highest BCUT2D eigenvalue weighted by molar-refractivity contribution is 7.10. The summed E-state index contributed by atoms with van der Waals surface area (Å²) in [4.78, 5) is 22.3. The summed E-state index contributed by atoms with van der Waals surface area (Å²) < 4.78 is 0. The summed E-state index contributed by atoms with van der Waals surface area (Å²) in [6, 6.07) is 11.9. The molecule has 0 atom stereocenters. The number of aldehydes is 1. The molecular formula is C26H35N3O2S. The molecule has 0 aliphatic carbocycles. The summed E-state index contributed by atoms with van der Waals surface area (Å²) in [7, 11) is 3.02. The fourth-order valence-electron chi connectivity index (χ4n) is 2.85. The second-order valence-corrected chi connectivity index (χ2v) is 7.87. The van der Waals surface area contributed by atoms with Crippen LogP contribution in [0.5, 0.6) is 0 Å². The van der Waals surface area contributed by atoms with Gasteiger partial charge in [0.1, 0.15) is 6.29 Å². The van der Waals surface area contributed by atoms with Crippen LogP contribution < -0.4 is 0 Å². The zero-order chi connectivity index (χ0) is 24.1. The molecule has 6 heteroatoms. The van der Waals surface area contributed by atoms with Gasteiger partial charge in [0.15, 0.2) is 0 Å². The summed E-state index contributed by atoms with van der Waals surface area (Å²) >= 11 is 1.67. The van der Waals surface area contributed by atoms with E-state index < -0.39 is 0 Å². The van der Waals surface area contributed by atoms with Crippen LogP contribution in [-0.4, -0.2) is 48.3 Å². The zero-order valence-corrected chi connectivity index (χ0v) is 21.0. The Hall–Kier alpha value is -2.83. The van der Waals surface area contributed by atoms with Gasteiger partial charge in [-0.05, 0) is 43.5 Å². The van der Waals surface area contributed by atoms with Crippen molar-refractivity contribution in [1.82, 2.24) is 9.88 Å². The highest BCUT2D eigenvalue weighted by Gasteiger charge is 2.09. The first kappa shape index (κ1) is 27.2. The van der Waals surface area contributed by atoms with Crippen LogP contribution in [0, 0.1) is 13.8 Å². The van der Waals surface area contributed by atoms with Crippen molar-refractivity contribution in [3.63, 3.8) is 0 Å². The number of aryl methyl sites for hydroxylation is 2. The van der Waals surface area contributed by atoms with Crippen LogP contribution in [0.4, 0.5) is 5.69 Å². The topological polar surface area (TPSA) is 65.8 Å². The van der Waals surface area contributed by atoms with Crippen LogP contribution in [0.15, 0.2) is 46.8 Å². The van der Waals surface area contributed by atoms with Gasteiger partial charge in [-0.2, -0.15) is 0 Å². The highest BCUT2D eigenvalue weighted by Crippen LogP contribution is 2.28. The van der Waals surface area contributed by atoms with Gasteiger partial charge in [-0.3, -0.25) is 4.79 Å². The quantitative estimate of drug-likeness (QED) is 0.268. The van der Waals surface area contributed by atoms with Crippen molar-refractivity contribution in [2.45, 2.75) is 41.0 Å². The Bertz CT molecular complexity index is 995. The molecule has 0 unspecified atom stereocenters. The SMILES string of the molecule is CC.CCN(C)C=Nc1cc(C)c(Cc2nc(-c3ccc(C=O)cc3)cs2)cc1C.CO. The van der Waals surface area contributed by atoms with Crippen molar-refractivity contribution in [2.24, 2.45) is 4.99 Å². The number of aliphatic imine (C=N–C) groups is 1.